The molecule has 162 valence electrons. The molecular weight excluding hydrogens is 406 g/mol. The number of aryl methyl sites for hydroxylation is 1. The lowest BCUT2D eigenvalue weighted by atomic mass is 10.1. The lowest BCUT2D eigenvalue weighted by molar-refractivity contribution is 0.0746. The predicted octanol–water partition coefficient (Wildman–Crippen LogP) is 2.49. The molecule has 1 fully saturated rings. The number of rotatable bonds is 4. The average molecular weight is 429 g/mol. The predicted molar refractivity (Wildman–Crippen MR) is 120 cm³/mol. The molecular formula is C23H23N7O2. The summed E-state index contributed by atoms with van der Waals surface area (Å²) >= 11 is 0. The van der Waals surface area contributed by atoms with Crippen molar-refractivity contribution in [1.29, 1.82) is 0 Å². The number of anilines is 1. The number of carbonyl (C=O) groups excluding carboxylic acids is 1. The molecule has 0 unspecified atom stereocenters. The zero-order valence-corrected chi connectivity index (χ0v) is 18.0. The molecule has 1 amide bonds. The van der Waals surface area contributed by atoms with Crippen molar-refractivity contribution in [3.8, 4) is 11.4 Å². The molecule has 3 heterocycles. The first kappa shape index (κ1) is 19.9. The molecule has 0 N–H and O–H groups in total. The van der Waals surface area contributed by atoms with Crippen molar-refractivity contribution in [2.24, 2.45) is 0 Å². The standard InChI is InChI=1S/C23H23N7O2/c1-16-6-8-18(9-7-16)30-22-20(26-27-30)21(24-15-25-22)28-10-12-29(13-11-28)23(31)17-4-3-5-19(14-17)32-2/h3-9,14-15H,10-13H2,1-2H3. The zero-order chi connectivity index (χ0) is 22.1. The van der Waals surface area contributed by atoms with Crippen LogP contribution in [0.3, 0.4) is 0 Å². The fourth-order valence-electron chi connectivity index (χ4n) is 3.89. The second-order valence-corrected chi connectivity index (χ2v) is 7.72. The summed E-state index contributed by atoms with van der Waals surface area (Å²) in [4.78, 5) is 25.8. The SMILES string of the molecule is COc1cccc(C(=O)N2CCN(c3ncnc4c3nnn4-c3ccc(C)cc3)CC2)c1. The number of hydrogen-bond acceptors (Lipinski definition) is 7. The number of nitrogens with zero attached hydrogens (tertiary/aromatic N) is 7. The van der Waals surface area contributed by atoms with Crippen LogP contribution < -0.4 is 9.64 Å². The van der Waals surface area contributed by atoms with Gasteiger partial charge in [-0.15, -0.1) is 5.10 Å². The van der Waals surface area contributed by atoms with Gasteiger partial charge in [-0.2, -0.15) is 4.68 Å². The minimum Gasteiger partial charge on any atom is -0.497 e. The molecule has 1 aliphatic rings. The van der Waals surface area contributed by atoms with E-state index in [2.05, 4.69) is 25.2 Å². The second kappa shape index (κ2) is 8.26. The van der Waals surface area contributed by atoms with Crippen molar-refractivity contribution in [2.75, 3.05) is 38.2 Å². The van der Waals surface area contributed by atoms with Crippen LogP contribution in [0.4, 0.5) is 5.82 Å². The van der Waals surface area contributed by atoms with Gasteiger partial charge in [-0.3, -0.25) is 4.79 Å². The Balaban J connectivity index is 1.35. The molecule has 0 spiro atoms. The fraction of sp³-hybridized carbons (Fsp3) is 0.261. The molecule has 0 radical (unpaired) electrons. The minimum atomic E-state index is 0.00157. The lowest BCUT2D eigenvalue weighted by Gasteiger charge is -2.35. The third-order valence-electron chi connectivity index (χ3n) is 5.68. The quantitative estimate of drug-likeness (QED) is 0.492. The number of piperazine rings is 1. The van der Waals surface area contributed by atoms with Gasteiger partial charge in [0.1, 0.15) is 12.1 Å². The van der Waals surface area contributed by atoms with E-state index in [0.29, 0.717) is 48.7 Å². The van der Waals surface area contributed by atoms with E-state index in [9.17, 15) is 4.79 Å². The van der Waals surface area contributed by atoms with Crippen molar-refractivity contribution in [3.05, 3.63) is 66.0 Å². The van der Waals surface area contributed by atoms with Crippen LogP contribution in [0.25, 0.3) is 16.9 Å². The highest BCUT2D eigenvalue weighted by atomic mass is 16.5. The minimum absolute atomic E-state index is 0.00157. The first-order valence-corrected chi connectivity index (χ1v) is 10.5. The van der Waals surface area contributed by atoms with Crippen molar-refractivity contribution in [1.82, 2.24) is 29.9 Å². The van der Waals surface area contributed by atoms with Gasteiger partial charge in [0, 0.05) is 31.7 Å². The van der Waals surface area contributed by atoms with Crippen LogP contribution in [0.1, 0.15) is 15.9 Å². The summed E-state index contributed by atoms with van der Waals surface area (Å²) in [6.45, 7) is 4.53. The third kappa shape index (κ3) is 3.62. The van der Waals surface area contributed by atoms with Crippen LogP contribution in [0.5, 0.6) is 5.75 Å². The van der Waals surface area contributed by atoms with Crippen molar-refractivity contribution in [3.63, 3.8) is 0 Å². The molecule has 2 aromatic carbocycles. The summed E-state index contributed by atoms with van der Waals surface area (Å²) in [7, 11) is 1.60. The molecule has 0 aliphatic carbocycles. The van der Waals surface area contributed by atoms with Gasteiger partial charge in [-0.05, 0) is 37.3 Å². The van der Waals surface area contributed by atoms with Gasteiger partial charge >= 0.3 is 0 Å². The van der Waals surface area contributed by atoms with Crippen LogP contribution in [-0.2, 0) is 0 Å². The molecule has 4 aromatic rings. The number of fused-ring (bicyclic) bond motifs is 1. The molecule has 1 aliphatic heterocycles. The van der Waals surface area contributed by atoms with Gasteiger partial charge in [-0.1, -0.05) is 29.0 Å². The summed E-state index contributed by atoms with van der Waals surface area (Å²) in [5.41, 5.74) is 4.02. The van der Waals surface area contributed by atoms with Crippen LogP contribution >= 0.6 is 0 Å². The molecule has 5 rings (SSSR count). The van der Waals surface area contributed by atoms with Crippen LogP contribution in [-0.4, -0.2) is 69.1 Å². The average Bonchev–Trinajstić information content (AvgIpc) is 3.28. The number of methoxy groups -OCH3 is 1. The smallest absolute Gasteiger partial charge is 0.254 e. The maximum atomic E-state index is 12.9. The summed E-state index contributed by atoms with van der Waals surface area (Å²) in [5.74, 6) is 1.41. The maximum Gasteiger partial charge on any atom is 0.254 e. The normalized spacial score (nSPS) is 14.1. The number of hydrogen-bond donors (Lipinski definition) is 0. The van der Waals surface area contributed by atoms with Crippen molar-refractivity contribution < 1.29 is 9.53 Å². The zero-order valence-electron chi connectivity index (χ0n) is 18.0. The highest BCUT2D eigenvalue weighted by molar-refractivity contribution is 5.95. The Morgan fingerprint density at radius 1 is 1.00 bits per heavy atom. The number of benzene rings is 2. The second-order valence-electron chi connectivity index (χ2n) is 7.72. The molecule has 32 heavy (non-hydrogen) atoms. The topological polar surface area (TPSA) is 89.3 Å². The Hall–Kier alpha value is -4.01. The number of ether oxygens (including phenoxy) is 1. The van der Waals surface area contributed by atoms with Gasteiger partial charge in [-0.25, -0.2) is 9.97 Å². The largest absolute Gasteiger partial charge is 0.497 e. The van der Waals surface area contributed by atoms with Crippen molar-refractivity contribution in [2.45, 2.75) is 6.92 Å². The number of aromatic nitrogens is 5. The summed E-state index contributed by atoms with van der Waals surface area (Å²) in [6, 6.07) is 15.3. The maximum absolute atomic E-state index is 12.9. The van der Waals surface area contributed by atoms with Crippen molar-refractivity contribution >= 4 is 22.9 Å². The van der Waals surface area contributed by atoms with Gasteiger partial charge < -0.3 is 14.5 Å². The van der Waals surface area contributed by atoms with Gasteiger partial charge in [0.25, 0.3) is 5.91 Å². The van der Waals surface area contributed by atoms with E-state index >= 15 is 0 Å². The molecule has 0 bridgehead atoms. The van der Waals surface area contributed by atoms with Crippen LogP contribution in [0.2, 0.25) is 0 Å². The van der Waals surface area contributed by atoms with Gasteiger partial charge in [0.15, 0.2) is 17.0 Å². The molecule has 1 saturated heterocycles. The highest BCUT2D eigenvalue weighted by Crippen LogP contribution is 2.24. The van der Waals surface area contributed by atoms with E-state index in [4.69, 9.17) is 4.74 Å². The summed E-state index contributed by atoms with van der Waals surface area (Å²) < 4.78 is 6.96. The van der Waals surface area contributed by atoms with E-state index in [1.165, 1.54) is 5.56 Å². The van der Waals surface area contributed by atoms with Gasteiger partial charge in [0.05, 0.1) is 12.8 Å². The Labute approximate surface area is 185 Å². The summed E-state index contributed by atoms with van der Waals surface area (Å²) in [5, 5.41) is 8.68. The number of amides is 1. The Morgan fingerprint density at radius 2 is 1.78 bits per heavy atom. The summed E-state index contributed by atoms with van der Waals surface area (Å²) in [6.07, 6.45) is 1.54. The van der Waals surface area contributed by atoms with Gasteiger partial charge in [0.2, 0.25) is 0 Å². The Bertz CT molecular complexity index is 1260. The number of carbonyl (C=O) groups is 1. The van der Waals surface area contributed by atoms with E-state index in [-0.39, 0.29) is 5.91 Å². The fourth-order valence-corrected chi connectivity index (χ4v) is 3.89. The molecule has 0 saturated carbocycles. The monoisotopic (exact) mass is 429 g/mol. The van der Waals surface area contributed by atoms with E-state index in [1.54, 1.807) is 24.2 Å². The molecule has 2 aromatic heterocycles. The first-order chi connectivity index (χ1) is 15.6. The van der Waals surface area contributed by atoms with Crippen LogP contribution in [0.15, 0.2) is 54.9 Å². The van der Waals surface area contributed by atoms with E-state index in [0.717, 1.165) is 11.5 Å². The Kier molecular flexibility index (Phi) is 5.14. The molecule has 9 heteroatoms. The molecule has 0 atom stereocenters. The van der Waals surface area contributed by atoms with Crippen LogP contribution in [0, 0.1) is 6.92 Å². The highest BCUT2D eigenvalue weighted by Gasteiger charge is 2.25. The molecule has 9 nitrogen and oxygen atoms in total. The third-order valence-corrected chi connectivity index (χ3v) is 5.68. The van der Waals surface area contributed by atoms with E-state index in [1.807, 2.05) is 54.3 Å². The Morgan fingerprint density at radius 3 is 2.53 bits per heavy atom. The first-order valence-electron chi connectivity index (χ1n) is 10.5. The van der Waals surface area contributed by atoms with E-state index < -0.39 is 0 Å². The lowest BCUT2D eigenvalue weighted by Crippen LogP contribution is -2.49.